The Kier molecular flexibility index (Phi) is 6.76. The summed E-state index contributed by atoms with van der Waals surface area (Å²) < 4.78 is 9.98. The van der Waals surface area contributed by atoms with E-state index in [0.29, 0.717) is 11.4 Å². The predicted molar refractivity (Wildman–Crippen MR) is 97.7 cm³/mol. The third kappa shape index (κ3) is 6.03. The number of benzene rings is 2. The molecule has 2 amide bonds. The van der Waals surface area contributed by atoms with Crippen molar-refractivity contribution in [3.05, 3.63) is 54.1 Å². The lowest BCUT2D eigenvalue weighted by Gasteiger charge is -2.17. The minimum absolute atomic E-state index is 0.0814. The highest BCUT2D eigenvalue weighted by Gasteiger charge is 2.16. The molecule has 2 aromatic carbocycles. The van der Waals surface area contributed by atoms with Gasteiger partial charge in [-0.05, 0) is 30.3 Å². The average Bonchev–Trinajstić information content (AvgIpc) is 2.65. The highest BCUT2D eigenvalue weighted by Crippen LogP contribution is 2.16. The van der Waals surface area contributed by atoms with Crippen LogP contribution < -0.4 is 10.1 Å². The van der Waals surface area contributed by atoms with Gasteiger partial charge < -0.3 is 24.8 Å². The largest absolute Gasteiger partial charge is 0.508 e. The van der Waals surface area contributed by atoms with Crippen molar-refractivity contribution in [3.63, 3.8) is 0 Å². The number of ether oxygens (including phenoxy) is 2. The van der Waals surface area contributed by atoms with Gasteiger partial charge in [0.2, 0.25) is 5.91 Å². The number of rotatable bonds is 7. The van der Waals surface area contributed by atoms with Crippen molar-refractivity contribution in [2.75, 3.05) is 32.6 Å². The Morgan fingerprint density at radius 1 is 1.11 bits per heavy atom. The summed E-state index contributed by atoms with van der Waals surface area (Å²) in [6.07, 6.45) is 0. The second kappa shape index (κ2) is 9.23. The number of carbonyl (C=O) groups excluding carboxylic acids is 3. The fourth-order valence-corrected chi connectivity index (χ4v) is 2.16. The number of anilines is 1. The van der Waals surface area contributed by atoms with Crippen LogP contribution in [-0.4, -0.2) is 55.1 Å². The summed E-state index contributed by atoms with van der Waals surface area (Å²) in [5.74, 6) is -1.17. The first-order valence-electron chi connectivity index (χ1n) is 8.03. The lowest BCUT2D eigenvalue weighted by Crippen LogP contribution is -2.37. The SMILES string of the molecule is COc1cccc(NC(=O)CN(C)C(=O)COC(=O)c2cccc(O)c2)c1. The number of hydrogen-bond acceptors (Lipinski definition) is 6. The van der Waals surface area contributed by atoms with Crippen LogP contribution in [-0.2, 0) is 14.3 Å². The average molecular weight is 372 g/mol. The van der Waals surface area contributed by atoms with E-state index in [1.54, 1.807) is 24.3 Å². The van der Waals surface area contributed by atoms with Crippen LogP contribution in [0.2, 0.25) is 0 Å². The number of carbonyl (C=O) groups is 3. The number of aromatic hydroxyl groups is 1. The Balaban J connectivity index is 1.82. The molecule has 142 valence electrons. The van der Waals surface area contributed by atoms with Crippen molar-refractivity contribution < 1.29 is 29.0 Å². The van der Waals surface area contributed by atoms with Crippen LogP contribution in [0.4, 0.5) is 5.69 Å². The number of phenols is 1. The molecule has 2 N–H and O–H groups in total. The molecule has 0 saturated carbocycles. The predicted octanol–water partition coefficient (Wildman–Crippen LogP) is 1.65. The number of hydrogen-bond donors (Lipinski definition) is 2. The van der Waals surface area contributed by atoms with Crippen molar-refractivity contribution in [2.24, 2.45) is 0 Å². The molecular formula is C19H20N2O6. The van der Waals surface area contributed by atoms with E-state index in [1.807, 2.05) is 0 Å². The number of nitrogens with one attached hydrogen (secondary N) is 1. The molecule has 0 spiro atoms. The van der Waals surface area contributed by atoms with Gasteiger partial charge in [0.1, 0.15) is 11.5 Å². The maximum absolute atomic E-state index is 12.0. The smallest absolute Gasteiger partial charge is 0.338 e. The molecule has 0 bridgehead atoms. The summed E-state index contributed by atoms with van der Waals surface area (Å²) >= 11 is 0. The van der Waals surface area contributed by atoms with Gasteiger partial charge in [0.15, 0.2) is 6.61 Å². The van der Waals surface area contributed by atoms with E-state index in [1.165, 1.54) is 38.4 Å². The van der Waals surface area contributed by atoms with Crippen molar-refractivity contribution in [3.8, 4) is 11.5 Å². The van der Waals surface area contributed by atoms with Gasteiger partial charge in [-0.25, -0.2) is 4.79 Å². The molecular weight excluding hydrogens is 352 g/mol. The van der Waals surface area contributed by atoms with Gasteiger partial charge in [-0.3, -0.25) is 9.59 Å². The Bertz CT molecular complexity index is 836. The molecule has 0 aromatic heterocycles. The zero-order valence-electron chi connectivity index (χ0n) is 15.0. The molecule has 27 heavy (non-hydrogen) atoms. The van der Waals surface area contributed by atoms with Crippen molar-refractivity contribution >= 4 is 23.5 Å². The quantitative estimate of drug-likeness (QED) is 0.716. The third-order valence-electron chi connectivity index (χ3n) is 3.57. The normalized spacial score (nSPS) is 10.0. The lowest BCUT2D eigenvalue weighted by molar-refractivity contribution is -0.136. The molecule has 0 heterocycles. The summed E-state index contributed by atoms with van der Waals surface area (Å²) in [5.41, 5.74) is 0.664. The number of methoxy groups -OCH3 is 1. The van der Waals surface area contributed by atoms with E-state index in [-0.39, 0.29) is 17.9 Å². The van der Waals surface area contributed by atoms with Crippen LogP contribution in [0.5, 0.6) is 11.5 Å². The number of nitrogens with zero attached hydrogens (tertiary/aromatic N) is 1. The van der Waals surface area contributed by atoms with E-state index in [0.717, 1.165) is 4.90 Å². The van der Waals surface area contributed by atoms with Crippen LogP contribution >= 0.6 is 0 Å². The molecule has 0 atom stereocenters. The number of phenolic OH excluding ortho intramolecular Hbond substituents is 1. The molecule has 2 rings (SSSR count). The molecule has 8 nitrogen and oxygen atoms in total. The van der Waals surface area contributed by atoms with Crippen LogP contribution in [0.3, 0.4) is 0 Å². The Labute approximate surface area is 156 Å². The van der Waals surface area contributed by atoms with Gasteiger partial charge in [-0.15, -0.1) is 0 Å². The second-order valence-electron chi connectivity index (χ2n) is 5.66. The molecule has 0 aliphatic rings. The highest BCUT2D eigenvalue weighted by atomic mass is 16.5. The van der Waals surface area contributed by atoms with Crippen LogP contribution in [0.25, 0.3) is 0 Å². The van der Waals surface area contributed by atoms with Crippen LogP contribution in [0.15, 0.2) is 48.5 Å². The maximum atomic E-state index is 12.0. The fraction of sp³-hybridized carbons (Fsp3) is 0.211. The topological polar surface area (TPSA) is 105 Å². The Morgan fingerprint density at radius 3 is 2.56 bits per heavy atom. The second-order valence-corrected chi connectivity index (χ2v) is 5.66. The molecule has 2 aromatic rings. The van der Waals surface area contributed by atoms with E-state index >= 15 is 0 Å². The summed E-state index contributed by atoms with van der Waals surface area (Å²) in [6, 6.07) is 12.4. The maximum Gasteiger partial charge on any atom is 0.338 e. The van der Waals surface area contributed by atoms with Crippen molar-refractivity contribution in [2.45, 2.75) is 0 Å². The summed E-state index contributed by atoms with van der Waals surface area (Å²) in [7, 11) is 2.95. The van der Waals surface area contributed by atoms with E-state index in [2.05, 4.69) is 5.32 Å². The van der Waals surface area contributed by atoms with E-state index < -0.39 is 24.4 Å². The minimum Gasteiger partial charge on any atom is -0.508 e. The zero-order chi connectivity index (χ0) is 19.8. The molecule has 0 saturated heterocycles. The summed E-state index contributed by atoms with van der Waals surface area (Å²) in [5, 5.41) is 12.0. The monoisotopic (exact) mass is 372 g/mol. The molecule has 0 fully saturated rings. The van der Waals surface area contributed by atoms with Gasteiger partial charge in [-0.1, -0.05) is 12.1 Å². The van der Waals surface area contributed by atoms with Gasteiger partial charge in [0.25, 0.3) is 5.91 Å². The minimum atomic E-state index is -0.742. The lowest BCUT2D eigenvalue weighted by atomic mass is 10.2. The summed E-state index contributed by atoms with van der Waals surface area (Å²) in [6.45, 7) is -0.725. The zero-order valence-corrected chi connectivity index (χ0v) is 15.0. The van der Waals surface area contributed by atoms with E-state index in [4.69, 9.17) is 9.47 Å². The molecule has 0 aliphatic carbocycles. The van der Waals surface area contributed by atoms with Crippen LogP contribution in [0.1, 0.15) is 10.4 Å². The number of amides is 2. The Hall–Kier alpha value is -3.55. The van der Waals surface area contributed by atoms with E-state index in [9.17, 15) is 19.5 Å². The number of esters is 1. The molecule has 8 heteroatoms. The first kappa shape index (κ1) is 19.8. The molecule has 0 aliphatic heterocycles. The first-order valence-corrected chi connectivity index (χ1v) is 8.03. The standard InChI is InChI=1S/C19H20N2O6/c1-21(11-17(23)20-14-6-4-8-16(10-14)26-2)18(24)12-27-19(25)13-5-3-7-15(22)9-13/h3-10,22H,11-12H2,1-2H3,(H,20,23). The van der Waals surface area contributed by atoms with Crippen LogP contribution in [0, 0.1) is 0 Å². The molecule has 0 unspecified atom stereocenters. The van der Waals surface area contributed by atoms with Gasteiger partial charge in [-0.2, -0.15) is 0 Å². The number of likely N-dealkylation sites (N-methyl/N-ethyl adjacent to an activating group) is 1. The first-order chi connectivity index (χ1) is 12.9. The van der Waals surface area contributed by atoms with Crippen molar-refractivity contribution in [1.29, 1.82) is 0 Å². The summed E-state index contributed by atoms with van der Waals surface area (Å²) in [4.78, 5) is 37.1. The Morgan fingerprint density at radius 2 is 1.85 bits per heavy atom. The third-order valence-corrected chi connectivity index (χ3v) is 3.57. The molecule has 0 radical (unpaired) electrons. The highest BCUT2D eigenvalue weighted by molar-refractivity contribution is 5.95. The fourth-order valence-electron chi connectivity index (χ4n) is 2.16. The van der Waals surface area contributed by atoms with Gasteiger partial charge in [0, 0.05) is 18.8 Å². The van der Waals surface area contributed by atoms with Crippen molar-refractivity contribution in [1.82, 2.24) is 4.90 Å². The van der Waals surface area contributed by atoms with Gasteiger partial charge in [0.05, 0.1) is 19.2 Å². The van der Waals surface area contributed by atoms with Gasteiger partial charge >= 0.3 is 5.97 Å².